The van der Waals surface area contributed by atoms with Gasteiger partial charge in [0.05, 0.1) is 0 Å². The van der Waals surface area contributed by atoms with E-state index in [9.17, 15) is 9.59 Å². The average molecular weight is 401 g/mol. The van der Waals surface area contributed by atoms with Gasteiger partial charge in [0.2, 0.25) is 11.8 Å². The molecular weight excluding hydrogens is 368 g/mol. The van der Waals surface area contributed by atoms with Crippen LogP contribution >= 0.6 is 11.8 Å². The maximum absolute atomic E-state index is 12.9. The standard InChI is InChI=1S/C23H32N2O2S/c26-22(21-11-6-16-25(21)23(27)17-7-2-1-3-8-17)24-18-12-14-20(15-13-18)28-19-9-4-5-10-19/h12-15,17,19,21H,1-11,16H2,(H,24,26). The van der Waals surface area contributed by atoms with E-state index in [2.05, 4.69) is 17.4 Å². The van der Waals surface area contributed by atoms with Crippen LogP contribution in [0.2, 0.25) is 0 Å². The van der Waals surface area contributed by atoms with E-state index in [-0.39, 0.29) is 23.8 Å². The van der Waals surface area contributed by atoms with E-state index in [0.29, 0.717) is 0 Å². The first kappa shape index (κ1) is 19.8. The van der Waals surface area contributed by atoms with Gasteiger partial charge in [-0.2, -0.15) is 0 Å². The zero-order valence-corrected chi connectivity index (χ0v) is 17.5. The fourth-order valence-corrected chi connectivity index (χ4v) is 6.18. The number of likely N-dealkylation sites (tertiary alicyclic amines) is 1. The second-order valence-corrected chi connectivity index (χ2v) is 9.94. The molecule has 1 heterocycles. The summed E-state index contributed by atoms with van der Waals surface area (Å²) in [6.07, 6.45) is 12.5. The third-order valence-electron chi connectivity index (χ3n) is 6.52. The quantitative estimate of drug-likeness (QED) is 0.736. The Hall–Kier alpha value is -1.49. The van der Waals surface area contributed by atoms with Gasteiger partial charge >= 0.3 is 0 Å². The number of amides is 2. The molecule has 1 aromatic carbocycles. The lowest BCUT2D eigenvalue weighted by Crippen LogP contribution is -2.46. The molecule has 2 aliphatic carbocycles. The van der Waals surface area contributed by atoms with Crippen LogP contribution < -0.4 is 5.32 Å². The lowest BCUT2D eigenvalue weighted by Gasteiger charge is -2.30. The van der Waals surface area contributed by atoms with Crippen LogP contribution in [-0.2, 0) is 9.59 Å². The van der Waals surface area contributed by atoms with Gasteiger partial charge in [-0.25, -0.2) is 0 Å². The Kier molecular flexibility index (Phi) is 6.61. The number of benzene rings is 1. The summed E-state index contributed by atoms with van der Waals surface area (Å²) >= 11 is 1.96. The number of hydrogen-bond acceptors (Lipinski definition) is 3. The number of carbonyl (C=O) groups is 2. The number of hydrogen-bond donors (Lipinski definition) is 1. The van der Waals surface area contributed by atoms with Crippen molar-refractivity contribution in [3.8, 4) is 0 Å². The van der Waals surface area contributed by atoms with Gasteiger partial charge in [-0.15, -0.1) is 11.8 Å². The molecule has 4 nitrogen and oxygen atoms in total. The molecular formula is C23H32N2O2S. The first-order valence-electron chi connectivity index (χ1n) is 11.1. The van der Waals surface area contributed by atoms with E-state index in [1.54, 1.807) is 0 Å². The van der Waals surface area contributed by atoms with Gasteiger partial charge in [-0.1, -0.05) is 32.1 Å². The van der Waals surface area contributed by atoms with Gasteiger partial charge in [0.25, 0.3) is 0 Å². The summed E-state index contributed by atoms with van der Waals surface area (Å²) in [6, 6.07) is 7.91. The van der Waals surface area contributed by atoms with Crippen LogP contribution in [0.4, 0.5) is 5.69 Å². The number of carbonyl (C=O) groups excluding carboxylic acids is 2. The molecule has 0 bridgehead atoms. The van der Waals surface area contributed by atoms with Crippen molar-refractivity contribution in [3.05, 3.63) is 24.3 Å². The fraction of sp³-hybridized carbons (Fsp3) is 0.652. The lowest BCUT2D eigenvalue weighted by molar-refractivity contribution is -0.141. The van der Waals surface area contributed by atoms with Crippen LogP contribution in [0, 0.1) is 5.92 Å². The first-order chi connectivity index (χ1) is 13.7. The normalized spacial score (nSPS) is 23.9. The van der Waals surface area contributed by atoms with Crippen molar-refractivity contribution < 1.29 is 9.59 Å². The summed E-state index contributed by atoms with van der Waals surface area (Å²) in [5.74, 6) is 0.313. The Labute approximate surface area is 172 Å². The third kappa shape index (κ3) is 4.73. The van der Waals surface area contributed by atoms with Gasteiger partial charge in [-0.3, -0.25) is 9.59 Å². The number of nitrogens with zero attached hydrogens (tertiary/aromatic N) is 1. The predicted molar refractivity (Wildman–Crippen MR) is 114 cm³/mol. The fourth-order valence-electron chi connectivity index (χ4n) is 4.93. The molecule has 3 fully saturated rings. The predicted octanol–water partition coefficient (Wildman–Crippen LogP) is 5.23. The molecule has 1 saturated heterocycles. The second kappa shape index (κ2) is 9.34. The van der Waals surface area contributed by atoms with Crippen molar-refractivity contribution in [1.82, 2.24) is 4.90 Å². The van der Waals surface area contributed by atoms with Crippen LogP contribution in [0.1, 0.15) is 70.6 Å². The SMILES string of the molecule is O=C(Nc1ccc(SC2CCCC2)cc1)C1CCCN1C(=O)C1CCCCC1. The van der Waals surface area contributed by atoms with Crippen molar-refractivity contribution in [2.45, 2.75) is 86.8 Å². The number of thioether (sulfide) groups is 1. The van der Waals surface area contributed by atoms with Crippen molar-refractivity contribution in [3.63, 3.8) is 0 Å². The molecule has 5 heteroatoms. The highest BCUT2D eigenvalue weighted by Crippen LogP contribution is 2.35. The van der Waals surface area contributed by atoms with Crippen molar-refractivity contribution in [2.75, 3.05) is 11.9 Å². The van der Waals surface area contributed by atoms with E-state index < -0.39 is 0 Å². The zero-order valence-electron chi connectivity index (χ0n) is 16.7. The maximum Gasteiger partial charge on any atom is 0.247 e. The maximum atomic E-state index is 12.9. The number of anilines is 1. The molecule has 28 heavy (non-hydrogen) atoms. The molecule has 1 N–H and O–H groups in total. The summed E-state index contributed by atoms with van der Waals surface area (Å²) < 4.78 is 0. The lowest BCUT2D eigenvalue weighted by atomic mass is 9.88. The Morgan fingerprint density at radius 2 is 1.54 bits per heavy atom. The van der Waals surface area contributed by atoms with E-state index in [0.717, 1.165) is 56.0 Å². The molecule has 1 aromatic rings. The second-order valence-electron chi connectivity index (χ2n) is 8.56. The number of rotatable bonds is 5. The molecule has 152 valence electrons. The monoisotopic (exact) mass is 400 g/mol. The van der Waals surface area contributed by atoms with Crippen LogP contribution in [0.25, 0.3) is 0 Å². The summed E-state index contributed by atoms with van der Waals surface area (Å²) in [7, 11) is 0. The van der Waals surface area contributed by atoms with Gasteiger partial charge < -0.3 is 10.2 Å². The van der Waals surface area contributed by atoms with Gasteiger partial charge in [0, 0.05) is 28.3 Å². The Bertz CT molecular complexity index is 678. The smallest absolute Gasteiger partial charge is 0.247 e. The summed E-state index contributed by atoms with van der Waals surface area (Å²) in [5.41, 5.74) is 0.831. The minimum absolute atomic E-state index is 0.0298. The first-order valence-corrected chi connectivity index (χ1v) is 12.0. The summed E-state index contributed by atoms with van der Waals surface area (Å²) in [6.45, 7) is 0.727. The van der Waals surface area contributed by atoms with Gasteiger partial charge in [-0.05, 0) is 62.8 Å². The molecule has 2 saturated carbocycles. The highest BCUT2D eigenvalue weighted by molar-refractivity contribution is 8.00. The highest BCUT2D eigenvalue weighted by Gasteiger charge is 2.37. The molecule has 2 amide bonds. The van der Waals surface area contributed by atoms with Crippen LogP contribution in [0.5, 0.6) is 0 Å². The summed E-state index contributed by atoms with van der Waals surface area (Å²) in [4.78, 5) is 28.9. The molecule has 4 rings (SSSR count). The largest absolute Gasteiger partial charge is 0.330 e. The Morgan fingerprint density at radius 1 is 0.857 bits per heavy atom. The Morgan fingerprint density at radius 3 is 2.25 bits per heavy atom. The van der Waals surface area contributed by atoms with Crippen LogP contribution in [-0.4, -0.2) is 34.6 Å². The van der Waals surface area contributed by atoms with Crippen LogP contribution in [0.3, 0.4) is 0 Å². The average Bonchev–Trinajstić information content (AvgIpc) is 3.41. The highest BCUT2D eigenvalue weighted by atomic mass is 32.2. The minimum Gasteiger partial charge on any atom is -0.330 e. The van der Waals surface area contributed by atoms with E-state index >= 15 is 0 Å². The third-order valence-corrected chi connectivity index (χ3v) is 7.87. The minimum atomic E-state index is -0.304. The molecule has 1 atom stereocenters. The van der Waals surface area contributed by atoms with Crippen molar-refractivity contribution >= 4 is 29.3 Å². The van der Waals surface area contributed by atoms with Gasteiger partial charge in [0.15, 0.2) is 0 Å². The molecule has 0 spiro atoms. The molecule has 0 aromatic heterocycles. The van der Waals surface area contributed by atoms with Crippen LogP contribution in [0.15, 0.2) is 29.2 Å². The topological polar surface area (TPSA) is 49.4 Å². The van der Waals surface area contributed by atoms with Crippen molar-refractivity contribution in [1.29, 1.82) is 0 Å². The molecule has 0 radical (unpaired) electrons. The molecule has 1 aliphatic heterocycles. The van der Waals surface area contributed by atoms with Crippen molar-refractivity contribution in [2.24, 2.45) is 5.92 Å². The zero-order chi connectivity index (χ0) is 19.3. The van der Waals surface area contributed by atoms with E-state index in [1.165, 1.54) is 37.0 Å². The molecule has 1 unspecified atom stereocenters. The van der Waals surface area contributed by atoms with E-state index in [1.807, 2.05) is 28.8 Å². The summed E-state index contributed by atoms with van der Waals surface area (Å²) in [5, 5.41) is 3.80. The molecule has 3 aliphatic rings. The number of nitrogens with one attached hydrogen (secondary N) is 1. The van der Waals surface area contributed by atoms with Gasteiger partial charge in [0.1, 0.15) is 6.04 Å². The Balaban J connectivity index is 1.33. The van der Waals surface area contributed by atoms with E-state index in [4.69, 9.17) is 0 Å².